The number of pyridine rings is 1. The highest BCUT2D eigenvalue weighted by molar-refractivity contribution is 5.83. The fourth-order valence-electron chi connectivity index (χ4n) is 1.44. The molecular formula is C10H9N3. The van der Waals surface area contributed by atoms with Gasteiger partial charge in [0.05, 0.1) is 11.6 Å². The van der Waals surface area contributed by atoms with Gasteiger partial charge in [-0.15, -0.1) is 0 Å². The van der Waals surface area contributed by atoms with Crippen LogP contribution in [0, 0.1) is 18.3 Å². The van der Waals surface area contributed by atoms with Crippen LogP contribution in [0.3, 0.4) is 0 Å². The van der Waals surface area contributed by atoms with Crippen molar-refractivity contribution in [3.05, 3.63) is 29.6 Å². The highest BCUT2D eigenvalue weighted by Gasteiger charge is 2.06. The lowest BCUT2D eigenvalue weighted by Gasteiger charge is -1.96. The van der Waals surface area contributed by atoms with Crippen molar-refractivity contribution in [2.24, 2.45) is 7.05 Å². The van der Waals surface area contributed by atoms with Crippen molar-refractivity contribution in [1.82, 2.24) is 9.55 Å². The van der Waals surface area contributed by atoms with E-state index in [0.29, 0.717) is 5.56 Å². The molecule has 0 atom stereocenters. The van der Waals surface area contributed by atoms with E-state index in [0.717, 1.165) is 16.7 Å². The molecule has 64 valence electrons. The lowest BCUT2D eigenvalue weighted by Crippen LogP contribution is -1.91. The predicted molar refractivity (Wildman–Crippen MR) is 50.2 cm³/mol. The zero-order valence-electron chi connectivity index (χ0n) is 7.57. The summed E-state index contributed by atoms with van der Waals surface area (Å²) in [6, 6.07) is 5.88. The smallest absolute Gasteiger partial charge is 0.141 e. The van der Waals surface area contributed by atoms with Crippen LogP contribution >= 0.6 is 0 Å². The van der Waals surface area contributed by atoms with Gasteiger partial charge in [-0.05, 0) is 19.1 Å². The Kier molecular flexibility index (Phi) is 1.56. The van der Waals surface area contributed by atoms with E-state index in [1.165, 1.54) is 0 Å². The fourth-order valence-corrected chi connectivity index (χ4v) is 1.44. The molecule has 0 saturated carbocycles. The Balaban J connectivity index is 2.95. The molecule has 2 aromatic rings. The van der Waals surface area contributed by atoms with Gasteiger partial charge >= 0.3 is 0 Å². The van der Waals surface area contributed by atoms with Crippen LogP contribution in [0.5, 0.6) is 0 Å². The third-order valence-corrected chi connectivity index (χ3v) is 2.29. The van der Waals surface area contributed by atoms with Gasteiger partial charge in [-0.1, -0.05) is 0 Å². The van der Waals surface area contributed by atoms with E-state index < -0.39 is 0 Å². The van der Waals surface area contributed by atoms with E-state index >= 15 is 0 Å². The largest absolute Gasteiger partial charge is 0.333 e. The number of aromatic nitrogens is 2. The molecule has 0 aromatic carbocycles. The minimum atomic E-state index is 0.689. The molecule has 0 aliphatic carbocycles. The van der Waals surface area contributed by atoms with Gasteiger partial charge in [0.25, 0.3) is 0 Å². The molecule has 3 heteroatoms. The molecule has 0 unspecified atom stereocenters. The van der Waals surface area contributed by atoms with Gasteiger partial charge < -0.3 is 4.57 Å². The minimum Gasteiger partial charge on any atom is -0.333 e. The monoisotopic (exact) mass is 171 g/mol. The summed E-state index contributed by atoms with van der Waals surface area (Å²) in [5.41, 5.74) is 2.68. The number of hydrogen-bond acceptors (Lipinski definition) is 2. The molecule has 0 aliphatic rings. The van der Waals surface area contributed by atoms with Crippen molar-refractivity contribution in [1.29, 1.82) is 5.26 Å². The molecule has 2 aromatic heterocycles. The van der Waals surface area contributed by atoms with Crippen LogP contribution in [0.1, 0.15) is 11.3 Å². The number of fused-ring (bicyclic) bond motifs is 1. The third kappa shape index (κ3) is 0.994. The Hall–Kier alpha value is -1.82. The van der Waals surface area contributed by atoms with Gasteiger partial charge in [-0.2, -0.15) is 5.26 Å². The molecule has 2 heterocycles. The summed E-state index contributed by atoms with van der Waals surface area (Å²) in [5, 5.41) is 9.78. The third-order valence-electron chi connectivity index (χ3n) is 2.29. The summed E-state index contributed by atoms with van der Waals surface area (Å²) >= 11 is 0. The molecule has 2 rings (SSSR count). The first kappa shape index (κ1) is 7.81. The van der Waals surface area contributed by atoms with Gasteiger partial charge in [0.15, 0.2) is 0 Å². The van der Waals surface area contributed by atoms with Crippen LogP contribution in [0.25, 0.3) is 11.0 Å². The van der Waals surface area contributed by atoms with Gasteiger partial charge in [-0.3, -0.25) is 0 Å². The maximum Gasteiger partial charge on any atom is 0.141 e. The van der Waals surface area contributed by atoms with Crippen molar-refractivity contribution in [3.63, 3.8) is 0 Å². The first-order chi connectivity index (χ1) is 6.24. The van der Waals surface area contributed by atoms with Gasteiger partial charge in [0.2, 0.25) is 0 Å². The fraction of sp³-hybridized carbons (Fsp3) is 0.200. The van der Waals surface area contributed by atoms with Gasteiger partial charge in [0, 0.05) is 24.3 Å². The van der Waals surface area contributed by atoms with E-state index in [9.17, 15) is 0 Å². The maximum atomic E-state index is 8.85. The molecule has 0 amide bonds. The molecule has 0 fully saturated rings. The normalized spacial score (nSPS) is 10.2. The SMILES string of the molecule is Cc1cc2c(C#N)ccnc2n1C. The zero-order chi connectivity index (χ0) is 9.42. The summed E-state index contributed by atoms with van der Waals surface area (Å²) in [6.07, 6.45) is 1.67. The molecule has 0 aliphatic heterocycles. The lowest BCUT2D eigenvalue weighted by molar-refractivity contribution is 0.902. The number of aryl methyl sites for hydroxylation is 2. The first-order valence-corrected chi connectivity index (χ1v) is 4.05. The highest BCUT2D eigenvalue weighted by atomic mass is 15.0. The van der Waals surface area contributed by atoms with Crippen LogP contribution < -0.4 is 0 Å². The van der Waals surface area contributed by atoms with Crippen LogP contribution in [0.15, 0.2) is 18.3 Å². The van der Waals surface area contributed by atoms with Crippen LogP contribution in [-0.4, -0.2) is 9.55 Å². The summed E-state index contributed by atoms with van der Waals surface area (Å²) in [4.78, 5) is 4.22. The molecular weight excluding hydrogens is 162 g/mol. The summed E-state index contributed by atoms with van der Waals surface area (Å²) in [6.45, 7) is 2.00. The maximum absolute atomic E-state index is 8.85. The number of nitriles is 1. The van der Waals surface area contributed by atoms with E-state index in [4.69, 9.17) is 5.26 Å². The van der Waals surface area contributed by atoms with Crippen molar-refractivity contribution < 1.29 is 0 Å². The Morgan fingerprint density at radius 3 is 3.00 bits per heavy atom. The summed E-state index contributed by atoms with van der Waals surface area (Å²) < 4.78 is 1.98. The number of rotatable bonds is 0. The predicted octanol–water partition coefficient (Wildman–Crippen LogP) is 1.75. The standard InChI is InChI=1S/C10H9N3/c1-7-5-9-8(6-11)3-4-12-10(9)13(7)2/h3-5H,1-2H3. The average molecular weight is 171 g/mol. The van der Waals surface area contributed by atoms with Crippen LogP contribution in [0.4, 0.5) is 0 Å². The Labute approximate surface area is 76.2 Å². The second-order valence-corrected chi connectivity index (χ2v) is 3.05. The molecule has 0 bridgehead atoms. The number of nitrogens with zero attached hydrogens (tertiary/aromatic N) is 3. The highest BCUT2D eigenvalue weighted by Crippen LogP contribution is 2.18. The average Bonchev–Trinajstić information content (AvgIpc) is 2.43. The van der Waals surface area contributed by atoms with E-state index in [-0.39, 0.29) is 0 Å². The first-order valence-electron chi connectivity index (χ1n) is 4.05. The molecule has 13 heavy (non-hydrogen) atoms. The Morgan fingerprint density at radius 2 is 2.31 bits per heavy atom. The lowest BCUT2D eigenvalue weighted by atomic mass is 10.2. The van der Waals surface area contributed by atoms with E-state index in [1.807, 2.05) is 24.6 Å². The van der Waals surface area contributed by atoms with Crippen molar-refractivity contribution >= 4 is 11.0 Å². The summed E-state index contributed by atoms with van der Waals surface area (Å²) in [5.74, 6) is 0. The summed E-state index contributed by atoms with van der Waals surface area (Å²) in [7, 11) is 1.95. The van der Waals surface area contributed by atoms with Crippen molar-refractivity contribution in [2.75, 3.05) is 0 Å². The molecule has 0 N–H and O–H groups in total. The molecule has 3 nitrogen and oxygen atoms in total. The minimum absolute atomic E-state index is 0.689. The quantitative estimate of drug-likeness (QED) is 0.606. The van der Waals surface area contributed by atoms with Gasteiger partial charge in [0.1, 0.15) is 5.65 Å². The van der Waals surface area contributed by atoms with Gasteiger partial charge in [-0.25, -0.2) is 4.98 Å². The Bertz CT molecular complexity index is 503. The second kappa shape index (κ2) is 2.60. The molecule has 0 saturated heterocycles. The van der Waals surface area contributed by atoms with E-state index in [2.05, 4.69) is 11.1 Å². The van der Waals surface area contributed by atoms with Crippen LogP contribution in [-0.2, 0) is 7.05 Å². The number of hydrogen-bond donors (Lipinski definition) is 0. The van der Waals surface area contributed by atoms with Crippen LogP contribution in [0.2, 0.25) is 0 Å². The second-order valence-electron chi connectivity index (χ2n) is 3.05. The zero-order valence-corrected chi connectivity index (χ0v) is 7.57. The van der Waals surface area contributed by atoms with Crippen molar-refractivity contribution in [2.45, 2.75) is 6.92 Å². The topological polar surface area (TPSA) is 41.6 Å². The molecule has 0 spiro atoms. The van der Waals surface area contributed by atoms with E-state index in [1.54, 1.807) is 12.3 Å². The van der Waals surface area contributed by atoms with Crippen molar-refractivity contribution in [3.8, 4) is 6.07 Å². The Morgan fingerprint density at radius 1 is 1.54 bits per heavy atom. The molecule has 0 radical (unpaired) electrons.